The van der Waals surface area contributed by atoms with Gasteiger partial charge in [-0.25, -0.2) is 0 Å². The molecule has 2 aromatic rings. The average molecular weight is 396 g/mol. The molecule has 1 saturated heterocycles. The number of rotatable bonds is 3. The van der Waals surface area contributed by atoms with Gasteiger partial charge in [-0.15, -0.1) is 0 Å². The monoisotopic (exact) mass is 395 g/mol. The van der Waals surface area contributed by atoms with Crippen LogP contribution in [0.3, 0.4) is 0 Å². The molecule has 7 heteroatoms. The quantitative estimate of drug-likeness (QED) is 0.800. The van der Waals surface area contributed by atoms with Gasteiger partial charge in [0.1, 0.15) is 0 Å². The van der Waals surface area contributed by atoms with Gasteiger partial charge in [0.25, 0.3) is 0 Å². The van der Waals surface area contributed by atoms with Crippen molar-refractivity contribution in [3.8, 4) is 0 Å². The van der Waals surface area contributed by atoms with E-state index in [1.165, 1.54) is 0 Å². The maximum Gasteiger partial charge on any atom is 0.227 e. The minimum absolute atomic E-state index is 0.119. The molecule has 0 bridgehead atoms. The maximum absolute atomic E-state index is 13.1. The van der Waals surface area contributed by atoms with Crippen LogP contribution in [0.2, 0.25) is 0 Å². The largest absolute Gasteiger partial charge is 0.343 e. The molecule has 154 valence electrons. The Balaban J connectivity index is 1.62. The van der Waals surface area contributed by atoms with E-state index in [4.69, 9.17) is 5.10 Å². The smallest absolute Gasteiger partial charge is 0.227 e. The van der Waals surface area contributed by atoms with Crippen LogP contribution in [0.1, 0.15) is 56.5 Å². The molecule has 0 atom stereocenters. The number of carbonyl (C=O) groups is 2. The van der Waals surface area contributed by atoms with Gasteiger partial charge in [0.15, 0.2) is 0 Å². The summed E-state index contributed by atoms with van der Waals surface area (Å²) in [6.45, 7) is 8.56. The minimum Gasteiger partial charge on any atom is -0.343 e. The summed E-state index contributed by atoms with van der Waals surface area (Å²) in [6.07, 6.45) is 7.61. The molecule has 2 amide bonds. The molecule has 0 aromatic carbocycles. The highest BCUT2D eigenvalue weighted by Gasteiger charge is 2.45. The van der Waals surface area contributed by atoms with Crippen LogP contribution in [0, 0.1) is 0 Å². The second-order valence-corrected chi connectivity index (χ2v) is 8.65. The Morgan fingerprint density at radius 2 is 1.97 bits per heavy atom. The number of hydrogen-bond acceptors (Lipinski definition) is 4. The van der Waals surface area contributed by atoms with Gasteiger partial charge in [0, 0.05) is 68.7 Å². The second kappa shape index (κ2) is 7.61. The number of hydrogen-bond donors (Lipinski definition) is 0. The van der Waals surface area contributed by atoms with Crippen LogP contribution in [0.25, 0.3) is 0 Å². The Morgan fingerprint density at radius 1 is 1.21 bits per heavy atom. The summed E-state index contributed by atoms with van der Waals surface area (Å²) in [5, 5.41) is 4.94. The summed E-state index contributed by atoms with van der Waals surface area (Å²) in [7, 11) is 0. The third-order valence-corrected chi connectivity index (χ3v) is 6.29. The average Bonchev–Trinajstić information content (AvgIpc) is 3.15. The van der Waals surface area contributed by atoms with E-state index in [1.807, 2.05) is 26.6 Å². The van der Waals surface area contributed by atoms with E-state index in [2.05, 4.69) is 25.0 Å². The van der Waals surface area contributed by atoms with Gasteiger partial charge in [-0.3, -0.25) is 19.3 Å². The summed E-state index contributed by atoms with van der Waals surface area (Å²) >= 11 is 0. The van der Waals surface area contributed by atoms with Gasteiger partial charge in [0.05, 0.1) is 12.1 Å². The molecular formula is C22H29N5O2. The summed E-state index contributed by atoms with van der Waals surface area (Å²) < 4.78 is 2.01. The molecule has 0 saturated carbocycles. The zero-order chi connectivity index (χ0) is 20.6. The Bertz CT molecular complexity index is 897. The van der Waals surface area contributed by atoms with Crippen molar-refractivity contribution in [3.63, 3.8) is 0 Å². The van der Waals surface area contributed by atoms with Gasteiger partial charge >= 0.3 is 0 Å². The van der Waals surface area contributed by atoms with E-state index < -0.39 is 0 Å². The fourth-order valence-electron chi connectivity index (χ4n) is 4.57. The van der Waals surface area contributed by atoms with Crippen molar-refractivity contribution in [3.05, 3.63) is 47.5 Å². The van der Waals surface area contributed by atoms with Crippen LogP contribution in [0.5, 0.6) is 0 Å². The van der Waals surface area contributed by atoms with Gasteiger partial charge in [-0.05, 0) is 38.3 Å². The third kappa shape index (κ3) is 3.78. The highest BCUT2D eigenvalue weighted by atomic mass is 16.2. The van der Waals surface area contributed by atoms with Gasteiger partial charge in [-0.2, -0.15) is 5.10 Å². The highest BCUT2D eigenvalue weighted by molar-refractivity contribution is 5.79. The lowest BCUT2D eigenvalue weighted by Gasteiger charge is -2.46. The lowest BCUT2D eigenvalue weighted by molar-refractivity contribution is -0.135. The van der Waals surface area contributed by atoms with Crippen LogP contribution in [-0.2, 0) is 28.0 Å². The van der Waals surface area contributed by atoms with Crippen molar-refractivity contribution >= 4 is 11.8 Å². The van der Waals surface area contributed by atoms with E-state index in [0.29, 0.717) is 32.6 Å². The molecule has 4 heterocycles. The fraction of sp³-hybridized carbons (Fsp3) is 0.545. The van der Waals surface area contributed by atoms with E-state index in [0.717, 1.165) is 29.7 Å². The lowest BCUT2D eigenvalue weighted by Crippen LogP contribution is -2.54. The molecule has 2 aliphatic rings. The minimum atomic E-state index is -0.176. The fourth-order valence-corrected chi connectivity index (χ4v) is 4.57. The molecule has 0 N–H and O–H groups in total. The highest BCUT2D eigenvalue weighted by Crippen LogP contribution is 2.41. The third-order valence-electron chi connectivity index (χ3n) is 6.29. The molecule has 1 fully saturated rings. The number of fused-ring (bicyclic) bond motifs is 2. The van der Waals surface area contributed by atoms with Gasteiger partial charge in [0.2, 0.25) is 11.8 Å². The standard InChI is InChI=1S/C22H29N5O2/c1-16(2)27-14-19-13-26(20(29)11-18-5-4-8-23-12-18)15-22(21(19)24-27)6-9-25(10-7-22)17(3)28/h4-5,8,12,14,16H,6-7,9-11,13,15H2,1-3H3. The van der Waals surface area contributed by atoms with Crippen molar-refractivity contribution in [2.45, 2.75) is 58.0 Å². The lowest BCUT2D eigenvalue weighted by atomic mass is 9.72. The molecule has 7 nitrogen and oxygen atoms in total. The van der Waals surface area contributed by atoms with Crippen molar-refractivity contribution in [1.29, 1.82) is 0 Å². The Morgan fingerprint density at radius 3 is 2.59 bits per heavy atom. The SMILES string of the molecule is CC(=O)N1CCC2(CC1)CN(C(=O)Cc1cccnc1)Cc1cn(C(C)C)nc12. The number of nitrogens with zero attached hydrogens (tertiary/aromatic N) is 5. The zero-order valence-corrected chi connectivity index (χ0v) is 17.5. The Kier molecular flexibility index (Phi) is 5.15. The van der Waals surface area contributed by atoms with E-state index in [-0.39, 0.29) is 23.3 Å². The summed E-state index contributed by atoms with van der Waals surface area (Å²) in [5.41, 5.74) is 3.02. The second-order valence-electron chi connectivity index (χ2n) is 8.65. The number of aromatic nitrogens is 3. The van der Waals surface area contributed by atoms with Gasteiger partial charge in [-0.1, -0.05) is 6.07 Å². The molecule has 1 spiro atoms. The summed E-state index contributed by atoms with van der Waals surface area (Å²) in [6, 6.07) is 4.08. The molecule has 0 radical (unpaired) electrons. The molecule has 2 aromatic heterocycles. The molecule has 29 heavy (non-hydrogen) atoms. The Labute approximate surface area is 171 Å². The maximum atomic E-state index is 13.1. The van der Waals surface area contributed by atoms with Crippen LogP contribution < -0.4 is 0 Å². The first kappa shape index (κ1) is 19.6. The topological polar surface area (TPSA) is 71.3 Å². The van der Waals surface area contributed by atoms with Crippen LogP contribution in [0.15, 0.2) is 30.7 Å². The molecule has 4 rings (SSSR count). The summed E-state index contributed by atoms with van der Waals surface area (Å²) in [4.78, 5) is 33.0. The van der Waals surface area contributed by atoms with E-state index >= 15 is 0 Å². The molecule has 2 aliphatic heterocycles. The summed E-state index contributed by atoms with van der Waals surface area (Å²) in [5.74, 6) is 0.238. The number of likely N-dealkylation sites (tertiary alicyclic amines) is 1. The number of pyridine rings is 1. The first-order valence-corrected chi connectivity index (χ1v) is 10.4. The Hall–Kier alpha value is -2.70. The predicted octanol–water partition coefficient (Wildman–Crippen LogP) is 2.32. The number of piperidine rings is 1. The van der Waals surface area contributed by atoms with Crippen LogP contribution in [-0.4, -0.2) is 56.0 Å². The van der Waals surface area contributed by atoms with Crippen molar-refractivity contribution < 1.29 is 9.59 Å². The van der Waals surface area contributed by atoms with Crippen LogP contribution >= 0.6 is 0 Å². The van der Waals surface area contributed by atoms with Crippen molar-refractivity contribution in [2.75, 3.05) is 19.6 Å². The number of amides is 2. The van der Waals surface area contributed by atoms with Gasteiger partial charge < -0.3 is 9.80 Å². The zero-order valence-electron chi connectivity index (χ0n) is 17.5. The predicted molar refractivity (Wildman–Crippen MR) is 109 cm³/mol. The molecular weight excluding hydrogens is 366 g/mol. The van der Waals surface area contributed by atoms with E-state index in [1.54, 1.807) is 19.3 Å². The van der Waals surface area contributed by atoms with Crippen molar-refractivity contribution in [2.24, 2.45) is 0 Å². The van der Waals surface area contributed by atoms with Crippen molar-refractivity contribution in [1.82, 2.24) is 24.6 Å². The van der Waals surface area contributed by atoms with E-state index in [9.17, 15) is 9.59 Å². The first-order valence-electron chi connectivity index (χ1n) is 10.4. The molecule has 0 unspecified atom stereocenters. The van der Waals surface area contributed by atoms with Crippen LogP contribution in [0.4, 0.5) is 0 Å². The number of carbonyl (C=O) groups excluding carboxylic acids is 2. The first-order chi connectivity index (χ1) is 13.9. The molecule has 0 aliphatic carbocycles. The normalized spacial score (nSPS) is 18.2.